The summed E-state index contributed by atoms with van der Waals surface area (Å²) in [5, 5.41) is 30.8. The standard InChI is InChI=1S/4C18H15P.C17H11ClN6.C16H11ClIN5.Pd/c4*1-4-10-16(11-5-1)19(17-12-6-2-7-13-17)18-14-8-3-9-15-18;18-13-4-11-3-10(1-2-14(11)21-6-13)7-24-8-12(5-19)15-16(20)22-9-23-17(15)24;17-11-4-10-3-9(1-2-13(10)20-5-11)6-23-7-12(18)14-15(19)21-8-22-16(14)23;/h4*1-15H;1-4,6,8-9H,7H2,(H2,20,22,23);1-5,7-8H,6H2,(H2,19,21,22);. The molecule has 0 saturated carbocycles. The summed E-state index contributed by atoms with van der Waals surface area (Å²) in [6, 6.07) is 147. The van der Waals surface area contributed by atoms with Gasteiger partial charge in [0.15, 0.2) is 0 Å². The number of benzene rings is 14. The molecule has 6 heterocycles. The van der Waals surface area contributed by atoms with E-state index in [0.717, 1.165) is 47.5 Å². The zero-order chi connectivity index (χ0) is 84.3. The molecule has 0 atom stereocenters. The molecule has 11 nitrogen and oxygen atoms in total. The van der Waals surface area contributed by atoms with E-state index in [1.54, 1.807) is 18.6 Å². The number of nitrogens with two attached hydrogens (primary N) is 2. The molecular formula is C105H82Cl2IN11P4Pd. The number of fused-ring (bicyclic) bond motifs is 4. The molecule has 0 spiro atoms. The van der Waals surface area contributed by atoms with Gasteiger partial charge in [0, 0.05) is 72.6 Å². The average Bonchev–Trinajstić information content (AvgIpc) is 1.65. The number of hydrogen-bond donors (Lipinski definition) is 2. The van der Waals surface area contributed by atoms with Crippen LogP contribution in [0.3, 0.4) is 0 Å². The summed E-state index contributed by atoms with van der Waals surface area (Å²) in [5.41, 5.74) is 17.8. The first-order valence-corrected chi connectivity index (χ1v) is 46.9. The second-order valence-electron chi connectivity index (χ2n) is 28.0. The van der Waals surface area contributed by atoms with Crippen LogP contribution in [-0.4, -0.2) is 39.0 Å². The molecule has 20 rings (SSSR count). The van der Waals surface area contributed by atoms with Crippen molar-refractivity contribution in [3.63, 3.8) is 0 Å². The van der Waals surface area contributed by atoms with Gasteiger partial charge in [0.1, 0.15) is 41.7 Å². The number of nitrogen functional groups attached to an aromatic ring is 2. The minimum absolute atomic E-state index is 0. The van der Waals surface area contributed by atoms with Gasteiger partial charge in [0.25, 0.3) is 0 Å². The van der Waals surface area contributed by atoms with Gasteiger partial charge in [0.05, 0.1) is 37.4 Å². The summed E-state index contributed by atoms with van der Waals surface area (Å²) >= 11 is 14.3. The Bertz CT molecular complexity index is 5930. The molecule has 0 amide bonds. The number of aromatic nitrogens is 8. The molecule has 6 aromatic heterocycles. The Morgan fingerprint density at radius 1 is 0.298 bits per heavy atom. The first kappa shape index (κ1) is 88.2. The van der Waals surface area contributed by atoms with Crippen LogP contribution in [0.5, 0.6) is 0 Å². The molecule has 0 radical (unpaired) electrons. The molecule has 0 bridgehead atoms. The van der Waals surface area contributed by atoms with Gasteiger partial charge >= 0.3 is 0 Å². The Kier molecular flexibility index (Phi) is 31.9. The molecule has 0 aliphatic heterocycles. The third kappa shape index (κ3) is 23.0. The van der Waals surface area contributed by atoms with Gasteiger partial charge in [0.2, 0.25) is 0 Å². The van der Waals surface area contributed by atoms with Crippen LogP contribution in [0.2, 0.25) is 10.0 Å². The molecule has 4 N–H and O–H groups in total. The quantitative estimate of drug-likeness (QED) is 0.0544. The Morgan fingerprint density at radius 3 is 0.782 bits per heavy atom. The zero-order valence-corrected chi connectivity index (χ0v) is 75.9. The minimum Gasteiger partial charge on any atom is -0.383 e. The fourth-order valence-electron chi connectivity index (χ4n) is 14.2. The van der Waals surface area contributed by atoms with Crippen molar-refractivity contribution in [3.05, 3.63) is 480 Å². The monoisotopic (exact) mass is 1920 g/mol. The number of halogens is 3. The van der Waals surface area contributed by atoms with Gasteiger partial charge in [-0.3, -0.25) is 9.97 Å². The summed E-state index contributed by atoms with van der Waals surface area (Å²) in [4.78, 5) is 25.3. The van der Waals surface area contributed by atoms with E-state index in [2.05, 4.69) is 439 Å². The summed E-state index contributed by atoms with van der Waals surface area (Å²) in [5.74, 6) is 0.817. The maximum atomic E-state index is 9.31. The summed E-state index contributed by atoms with van der Waals surface area (Å²) in [7, 11) is -1.78. The van der Waals surface area contributed by atoms with E-state index in [1.807, 2.05) is 47.2 Å². The van der Waals surface area contributed by atoms with Gasteiger partial charge in [-0.05, 0) is 165 Å². The van der Waals surface area contributed by atoms with Crippen molar-refractivity contribution in [3.8, 4) is 6.07 Å². The predicted octanol–water partition coefficient (Wildman–Crippen LogP) is 20.8. The number of rotatable bonds is 16. The van der Waals surface area contributed by atoms with E-state index >= 15 is 0 Å². The van der Waals surface area contributed by atoms with Crippen molar-refractivity contribution in [2.24, 2.45) is 0 Å². The van der Waals surface area contributed by atoms with Crippen molar-refractivity contribution in [2.45, 2.75) is 13.1 Å². The Labute approximate surface area is 765 Å². The fraction of sp³-hybridized carbons (Fsp3) is 0.0190. The van der Waals surface area contributed by atoms with Gasteiger partial charge in [-0.1, -0.05) is 399 Å². The molecule has 0 unspecified atom stereocenters. The number of pyridine rings is 2. The van der Waals surface area contributed by atoms with Crippen molar-refractivity contribution < 1.29 is 20.4 Å². The molecule has 0 aliphatic carbocycles. The maximum absolute atomic E-state index is 9.31. The minimum atomic E-state index is -0.446. The molecule has 608 valence electrons. The largest absolute Gasteiger partial charge is 0.383 e. The molecule has 14 aromatic carbocycles. The van der Waals surface area contributed by atoms with Crippen LogP contribution in [0.1, 0.15) is 16.7 Å². The van der Waals surface area contributed by atoms with E-state index in [0.29, 0.717) is 51.4 Å². The van der Waals surface area contributed by atoms with Crippen LogP contribution in [0, 0.1) is 14.9 Å². The van der Waals surface area contributed by atoms with Crippen LogP contribution in [0.15, 0.2) is 450 Å². The Balaban J connectivity index is 0.000000121. The topological polar surface area (TPSA) is 163 Å². The molecule has 124 heavy (non-hydrogen) atoms. The molecular weight excluding hydrogens is 1840 g/mol. The summed E-state index contributed by atoms with van der Waals surface area (Å²) < 4.78 is 5.01. The number of nitrogens with zero attached hydrogens (tertiary/aromatic N) is 9. The van der Waals surface area contributed by atoms with E-state index in [1.165, 1.54) is 76.3 Å². The third-order valence-corrected chi connectivity index (χ3v) is 30.7. The zero-order valence-electron chi connectivity index (χ0n) is 67.1. The normalized spacial score (nSPS) is 10.7. The Hall–Kier alpha value is -12.1. The van der Waals surface area contributed by atoms with Crippen molar-refractivity contribution >= 4 is 197 Å². The van der Waals surface area contributed by atoms with E-state index < -0.39 is 31.7 Å². The fourth-order valence-corrected chi connectivity index (χ4v) is 24.6. The SMILES string of the molecule is N#Cc1cn(Cc2ccc3ncc(Cl)cc3c2)c2ncnc(N)c12.Nc1ncnc2c1c(I)cn2Cc1ccc2ncc(Cl)cc2c1.[Pd].c1ccc(P(c2ccccc2)c2ccccc2)cc1.c1ccc(P(c2ccccc2)c2ccccc2)cc1.c1ccc(P(c2ccccc2)c2ccccc2)cc1.c1ccc(P(c2ccccc2)c2ccccc2)cc1. The van der Waals surface area contributed by atoms with Crippen LogP contribution in [0.4, 0.5) is 11.6 Å². The smallest absolute Gasteiger partial charge is 0.147 e. The van der Waals surface area contributed by atoms with Crippen LogP contribution in [0.25, 0.3) is 43.9 Å². The first-order chi connectivity index (χ1) is 60.6. The number of nitriles is 1. The van der Waals surface area contributed by atoms with Crippen molar-refractivity contribution in [1.82, 2.24) is 39.0 Å². The van der Waals surface area contributed by atoms with Crippen LogP contribution in [-0.2, 0) is 33.5 Å². The van der Waals surface area contributed by atoms with E-state index in [-0.39, 0.29) is 20.4 Å². The molecule has 0 fully saturated rings. The van der Waals surface area contributed by atoms with Gasteiger partial charge in [-0.25, -0.2) is 19.9 Å². The van der Waals surface area contributed by atoms with E-state index in [4.69, 9.17) is 34.7 Å². The van der Waals surface area contributed by atoms with Gasteiger partial charge in [-0.15, -0.1) is 0 Å². The molecule has 0 saturated heterocycles. The summed E-state index contributed by atoms with van der Waals surface area (Å²) in [6.45, 7) is 1.25. The molecule has 0 aliphatic rings. The molecule has 20 aromatic rings. The second-order valence-corrected chi connectivity index (χ2v) is 38.9. The van der Waals surface area contributed by atoms with Gasteiger partial charge in [-0.2, -0.15) is 5.26 Å². The third-order valence-electron chi connectivity index (χ3n) is 19.7. The van der Waals surface area contributed by atoms with E-state index in [9.17, 15) is 5.26 Å². The predicted molar refractivity (Wildman–Crippen MR) is 534 cm³/mol. The van der Waals surface area contributed by atoms with Crippen molar-refractivity contribution in [1.29, 1.82) is 5.26 Å². The van der Waals surface area contributed by atoms with Crippen LogP contribution < -0.4 is 75.1 Å². The summed E-state index contributed by atoms with van der Waals surface area (Å²) in [6.07, 6.45) is 9.97. The number of anilines is 2. The second kappa shape index (κ2) is 44.8. The van der Waals surface area contributed by atoms with Gasteiger partial charge < -0.3 is 20.6 Å². The first-order valence-electron chi connectivity index (χ1n) is 39.7. The molecule has 19 heteroatoms. The maximum Gasteiger partial charge on any atom is 0.147 e. The van der Waals surface area contributed by atoms with Crippen molar-refractivity contribution in [2.75, 3.05) is 11.5 Å². The van der Waals surface area contributed by atoms with Crippen LogP contribution >= 0.6 is 77.5 Å². The Morgan fingerprint density at radius 2 is 0.532 bits per heavy atom. The average molecular weight is 1930 g/mol. The number of hydrogen-bond acceptors (Lipinski definition) is 9.